The summed E-state index contributed by atoms with van der Waals surface area (Å²) in [6.45, 7) is 0. The van der Waals surface area contributed by atoms with Crippen LogP contribution in [0.5, 0.6) is 0 Å². The van der Waals surface area contributed by atoms with Crippen LogP contribution >= 0.6 is 0 Å². The Morgan fingerprint density at radius 2 is 1.53 bits per heavy atom. The molecule has 4 aromatic rings. The van der Waals surface area contributed by atoms with Crippen LogP contribution in [0.25, 0.3) is 16.9 Å². The highest BCUT2D eigenvalue weighted by molar-refractivity contribution is 7.90. The van der Waals surface area contributed by atoms with Gasteiger partial charge >= 0.3 is 0 Å². The average molecular weight is 423 g/mol. The summed E-state index contributed by atoms with van der Waals surface area (Å²) >= 11 is 0. The fourth-order valence-corrected chi connectivity index (χ4v) is 4.15. The van der Waals surface area contributed by atoms with E-state index in [1.165, 1.54) is 30.3 Å². The third-order valence-corrected chi connectivity index (χ3v) is 6.12. The number of rotatable bonds is 5. The highest BCUT2D eigenvalue weighted by atomic mass is 32.2. The Bertz CT molecular complexity index is 1290. The van der Waals surface area contributed by atoms with E-state index in [2.05, 4.69) is 4.72 Å². The molecule has 0 bridgehead atoms. The summed E-state index contributed by atoms with van der Waals surface area (Å²) in [6, 6.07) is 19.0. The molecule has 1 N–H and O–H groups in total. The van der Waals surface area contributed by atoms with Gasteiger partial charge in [0.15, 0.2) is 0 Å². The number of carbonyl (C=O) groups excluding carboxylic acids is 1. The Labute approximate surface area is 173 Å². The number of halogens is 1. The molecule has 8 heteroatoms. The molecule has 4 rings (SSSR count). The first-order chi connectivity index (χ1) is 14.3. The molecule has 30 heavy (non-hydrogen) atoms. The van der Waals surface area contributed by atoms with Crippen molar-refractivity contribution in [2.45, 2.75) is 4.90 Å². The quantitative estimate of drug-likeness (QED) is 0.532. The van der Waals surface area contributed by atoms with Gasteiger partial charge in [0.1, 0.15) is 11.5 Å². The molecule has 0 unspecified atom stereocenters. The number of nitrogens with one attached hydrogen (secondary N) is 1. The van der Waals surface area contributed by atoms with Crippen LogP contribution in [-0.4, -0.2) is 23.5 Å². The number of aromatic nitrogens is 2. The van der Waals surface area contributed by atoms with Crippen LogP contribution in [0.15, 0.2) is 90.1 Å². The van der Waals surface area contributed by atoms with Gasteiger partial charge in [-0.05, 0) is 78.4 Å². The molecule has 0 aliphatic carbocycles. The SMILES string of the molecule is Cn1c(C(=O)NS(=O)(=O)c2ccc(-n3cccc3)cc2)ccc1-c1ccc(F)cc1. The molecule has 1 amide bonds. The van der Waals surface area contributed by atoms with Crippen molar-refractivity contribution in [1.82, 2.24) is 13.9 Å². The Morgan fingerprint density at radius 1 is 0.900 bits per heavy atom. The topological polar surface area (TPSA) is 73.1 Å². The van der Waals surface area contributed by atoms with Crippen molar-refractivity contribution < 1.29 is 17.6 Å². The summed E-state index contributed by atoms with van der Waals surface area (Å²) in [5.74, 6) is -1.11. The molecule has 0 aliphatic rings. The first-order valence-electron chi connectivity index (χ1n) is 9.07. The van der Waals surface area contributed by atoms with Crippen LogP contribution in [0.2, 0.25) is 0 Å². The summed E-state index contributed by atoms with van der Waals surface area (Å²) in [6.07, 6.45) is 3.69. The Balaban J connectivity index is 1.55. The van der Waals surface area contributed by atoms with E-state index in [1.807, 2.05) is 29.1 Å². The second kappa shape index (κ2) is 7.64. The van der Waals surface area contributed by atoms with Gasteiger partial charge in [-0.1, -0.05) is 0 Å². The van der Waals surface area contributed by atoms with Crippen molar-refractivity contribution in [3.05, 3.63) is 96.7 Å². The molecule has 0 spiro atoms. The minimum absolute atomic E-state index is 0.0141. The highest BCUT2D eigenvalue weighted by Crippen LogP contribution is 2.22. The van der Waals surface area contributed by atoms with Gasteiger partial charge < -0.3 is 9.13 Å². The lowest BCUT2D eigenvalue weighted by molar-refractivity contribution is 0.0973. The van der Waals surface area contributed by atoms with Crippen LogP contribution in [0.4, 0.5) is 4.39 Å². The molecule has 0 fully saturated rings. The van der Waals surface area contributed by atoms with E-state index in [4.69, 9.17) is 0 Å². The first kappa shape index (κ1) is 19.7. The van der Waals surface area contributed by atoms with Crippen LogP contribution < -0.4 is 4.72 Å². The average Bonchev–Trinajstić information content (AvgIpc) is 3.39. The minimum atomic E-state index is -4.04. The molecule has 2 aromatic carbocycles. The fourth-order valence-electron chi connectivity index (χ4n) is 3.19. The van der Waals surface area contributed by atoms with Gasteiger partial charge in [-0.2, -0.15) is 0 Å². The maximum absolute atomic E-state index is 13.1. The number of hydrogen-bond acceptors (Lipinski definition) is 3. The zero-order valence-corrected chi connectivity index (χ0v) is 16.8. The van der Waals surface area contributed by atoms with Crippen LogP contribution in [-0.2, 0) is 17.1 Å². The zero-order valence-electron chi connectivity index (χ0n) is 16.0. The minimum Gasteiger partial charge on any atom is -0.340 e. The predicted molar refractivity (Wildman–Crippen MR) is 111 cm³/mol. The van der Waals surface area contributed by atoms with Crippen molar-refractivity contribution in [1.29, 1.82) is 0 Å². The van der Waals surface area contributed by atoms with Gasteiger partial charge in [0, 0.05) is 30.8 Å². The van der Waals surface area contributed by atoms with E-state index >= 15 is 0 Å². The maximum atomic E-state index is 13.1. The van der Waals surface area contributed by atoms with E-state index in [1.54, 1.807) is 41.9 Å². The number of benzene rings is 2. The van der Waals surface area contributed by atoms with Crippen molar-refractivity contribution in [3.63, 3.8) is 0 Å². The van der Waals surface area contributed by atoms with Crippen molar-refractivity contribution in [2.24, 2.45) is 7.05 Å². The van der Waals surface area contributed by atoms with Crippen LogP contribution in [0, 0.1) is 5.82 Å². The molecule has 152 valence electrons. The molecule has 0 radical (unpaired) electrons. The Kier molecular flexibility index (Phi) is 5.01. The molecule has 2 aromatic heterocycles. The predicted octanol–water partition coefficient (Wildman–Crippen LogP) is 3.74. The molecule has 6 nitrogen and oxygen atoms in total. The molecular weight excluding hydrogens is 405 g/mol. The third kappa shape index (κ3) is 3.77. The molecule has 0 aliphatic heterocycles. The Morgan fingerprint density at radius 3 is 2.17 bits per heavy atom. The van der Waals surface area contributed by atoms with Gasteiger partial charge in [-0.15, -0.1) is 0 Å². The van der Waals surface area contributed by atoms with Crippen LogP contribution in [0.1, 0.15) is 10.5 Å². The third-order valence-electron chi connectivity index (χ3n) is 4.77. The molecular formula is C22H18FN3O3S. The summed E-state index contributed by atoms with van der Waals surface area (Å²) in [4.78, 5) is 12.6. The number of nitrogens with zero attached hydrogens (tertiary/aromatic N) is 2. The summed E-state index contributed by atoms with van der Waals surface area (Å²) in [5.41, 5.74) is 2.34. The first-order valence-corrected chi connectivity index (χ1v) is 10.6. The normalized spacial score (nSPS) is 11.4. The van der Waals surface area contributed by atoms with Gasteiger partial charge in [0.05, 0.1) is 4.90 Å². The smallest absolute Gasteiger partial charge is 0.281 e. The summed E-state index contributed by atoms with van der Waals surface area (Å²) < 4.78 is 44.0. The summed E-state index contributed by atoms with van der Waals surface area (Å²) in [7, 11) is -2.40. The lowest BCUT2D eigenvalue weighted by Gasteiger charge is -2.10. The van der Waals surface area contributed by atoms with Crippen molar-refractivity contribution in [2.75, 3.05) is 0 Å². The van der Waals surface area contributed by atoms with Crippen molar-refractivity contribution in [3.8, 4) is 16.9 Å². The largest absolute Gasteiger partial charge is 0.340 e. The van der Waals surface area contributed by atoms with Gasteiger partial charge in [0.25, 0.3) is 15.9 Å². The van der Waals surface area contributed by atoms with Crippen LogP contribution in [0.3, 0.4) is 0 Å². The maximum Gasteiger partial charge on any atom is 0.281 e. The van der Waals surface area contributed by atoms with E-state index in [9.17, 15) is 17.6 Å². The molecule has 0 saturated heterocycles. The molecule has 0 saturated carbocycles. The number of amides is 1. The highest BCUT2D eigenvalue weighted by Gasteiger charge is 2.21. The van der Waals surface area contributed by atoms with E-state index in [-0.39, 0.29) is 16.4 Å². The number of hydrogen-bond donors (Lipinski definition) is 1. The van der Waals surface area contributed by atoms with E-state index in [0.717, 1.165) is 5.69 Å². The molecule has 0 atom stereocenters. The number of sulfonamides is 1. The Hall–Kier alpha value is -3.65. The van der Waals surface area contributed by atoms with Gasteiger partial charge in [0.2, 0.25) is 0 Å². The zero-order chi connectivity index (χ0) is 21.3. The lowest BCUT2D eigenvalue weighted by atomic mass is 10.1. The van der Waals surface area contributed by atoms with Gasteiger partial charge in [-0.25, -0.2) is 17.5 Å². The monoisotopic (exact) mass is 423 g/mol. The van der Waals surface area contributed by atoms with Gasteiger partial charge in [-0.3, -0.25) is 4.79 Å². The standard InChI is InChI=1S/C22H18FN3O3S/c1-25-20(16-4-6-17(23)7-5-16)12-13-21(25)22(27)24-30(28,29)19-10-8-18(9-11-19)26-14-2-3-15-26/h2-15H,1H3,(H,24,27). The lowest BCUT2D eigenvalue weighted by Crippen LogP contribution is -2.31. The molecule has 2 heterocycles. The van der Waals surface area contributed by atoms with Crippen molar-refractivity contribution >= 4 is 15.9 Å². The van der Waals surface area contributed by atoms with E-state index in [0.29, 0.717) is 11.3 Å². The summed E-state index contributed by atoms with van der Waals surface area (Å²) in [5, 5.41) is 0. The second-order valence-corrected chi connectivity index (χ2v) is 8.37. The second-order valence-electron chi connectivity index (χ2n) is 6.69. The fraction of sp³-hybridized carbons (Fsp3) is 0.0455. The van der Waals surface area contributed by atoms with E-state index < -0.39 is 15.9 Å². The number of carbonyl (C=O) groups is 1.